The molecule has 0 aromatic carbocycles. The molecule has 0 spiro atoms. The van der Waals surface area contributed by atoms with Crippen LogP contribution >= 0.6 is 0 Å². The van der Waals surface area contributed by atoms with Gasteiger partial charge in [0.15, 0.2) is 12.4 Å². The maximum absolute atomic E-state index is 2.31. The summed E-state index contributed by atoms with van der Waals surface area (Å²) in [4.78, 5) is 0. The van der Waals surface area contributed by atoms with Gasteiger partial charge in [-0.3, -0.25) is 0 Å². The molecule has 1 nitrogen and oxygen atoms in total. The first-order chi connectivity index (χ1) is 11.8. The Labute approximate surface area is 168 Å². The Hall–Kier alpha value is -0.370. The SMILES string of the molecule is CCCCCCCCCCCCCCCCC[n+]1ccc(C)cc1.[Br-]. The Kier molecular flexibility index (Phi) is 18.1. The molecule has 1 rings (SSSR count). The molecule has 0 saturated carbocycles. The monoisotopic (exact) mass is 411 g/mol. The van der Waals surface area contributed by atoms with E-state index in [-0.39, 0.29) is 17.0 Å². The number of rotatable bonds is 16. The molecule has 0 fully saturated rings. The van der Waals surface area contributed by atoms with Crippen LogP contribution in [-0.2, 0) is 6.54 Å². The highest BCUT2D eigenvalue weighted by atomic mass is 79.9. The van der Waals surface area contributed by atoms with Crippen LogP contribution in [0.3, 0.4) is 0 Å². The smallest absolute Gasteiger partial charge is 0.169 e. The minimum absolute atomic E-state index is 0. The number of nitrogens with zero attached hydrogens (tertiary/aromatic N) is 1. The first-order valence-electron chi connectivity index (χ1n) is 10.8. The summed E-state index contributed by atoms with van der Waals surface area (Å²) in [5, 5.41) is 0. The fourth-order valence-electron chi connectivity index (χ4n) is 3.35. The summed E-state index contributed by atoms with van der Waals surface area (Å²) < 4.78 is 2.31. The Morgan fingerprint density at radius 2 is 0.960 bits per heavy atom. The van der Waals surface area contributed by atoms with E-state index in [9.17, 15) is 0 Å². The quantitative estimate of drug-likeness (QED) is 0.284. The van der Waals surface area contributed by atoms with Gasteiger partial charge in [-0.05, 0) is 18.9 Å². The lowest BCUT2D eigenvalue weighted by molar-refractivity contribution is -0.697. The van der Waals surface area contributed by atoms with Crippen molar-refractivity contribution in [3.8, 4) is 0 Å². The van der Waals surface area contributed by atoms with E-state index in [1.54, 1.807) is 0 Å². The van der Waals surface area contributed by atoms with Crippen molar-refractivity contribution in [2.75, 3.05) is 0 Å². The molecule has 0 saturated heterocycles. The van der Waals surface area contributed by atoms with E-state index in [1.165, 1.54) is 108 Å². The van der Waals surface area contributed by atoms with Crippen LogP contribution in [0.25, 0.3) is 0 Å². The lowest BCUT2D eigenvalue weighted by atomic mass is 10.0. The van der Waals surface area contributed by atoms with Crippen molar-refractivity contribution in [3.63, 3.8) is 0 Å². The van der Waals surface area contributed by atoms with E-state index in [0.717, 1.165) is 0 Å². The van der Waals surface area contributed by atoms with Crippen molar-refractivity contribution in [1.82, 2.24) is 0 Å². The highest BCUT2D eigenvalue weighted by Crippen LogP contribution is 2.13. The molecule has 1 aromatic heterocycles. The molecule has 0 N–H and O–H groups in total. The van der Waals surface area contributed by atoms with E-state index >= 15 is 0 Å². The molecule has 0 aliphatic rings. The predicted molar refractivity (Wildman–Crippen MR) is 106 cm³/mol. The first-order valence-corrected chi connectivity index (χ1v) is 10.8. The number of unbranched alkanes of at least 4 members (excludes halogenated alkanes) is 14. The molecule has 0 aliphatic carbocycles. The van der Waals surface area contributed by atoms with Crippen LogP contribution in [0.15, 0.2) is 24.5 Å². The van der Waals surface area contributed by atoms with Gasteiger partial charge in [0, 0.05) is 18.6 Å². The summed E-state index contributed by atoms with van der Waals surface area (Å²) in [5.74, 6) is 0. The van der Waals surface area contributed by atoms with Gasteiger partial charge < -0.3 is 17.0 Å². The number of hydrogen-bond donors (Lipinski definition) is 0. The van der Waals surface area contributed by atoms with Crippen LogP contribution in [0.5, 0.6) is 0 Å². The van der Waals surface area contributed by atoms with E-state index in [4.69, 9.17) is 0 Å². The molecule has 0 atom stereocenters. The Morgan fingerprint density at radius 3 is 1.36 bits per heavy atom. The number of halogens is 1. The highest BCUT2D eigenvalue weighted by Gasteiger charge is 1.99. The predicted octanol–water partition coefficient (Wildman–Crippen LogP) is 4.16. The highest BCUT2D eigenvalue weighted by molar-refractivity contribution is 5.03. The summed E-state index contributed by atoms with van der Waals surface area (Å²) >= 11 is 0. The third-order valence-electron chi connectivity index (χ3n) is 5.08. The van der Waals surface area contributed by atoms with Crippen molar-refractivity contribution in [2.24, 2.45) is 0 Å². The zero-order valence-electron chi connectivity index (χ0n) is 16.9. The first kappa shape index (κ1) is 24.6. The van der Waals surface area contributed by atoms with Gasteiger partial charge in [-0.2, -0.15) is 0 Å². The Morgan fingerprint density at radius 1 is 0.600 bits per heavy atom. The number of pyridine rings is 1. The fourth-order valence-corrected chi connectivity index (χ4v) is 3.35. The summed E-state index contributed by atoms with van der Waals surface area (Å²) in [6, 6.07) is 4.40. The molecule has 2 heteroatoms. The molecule has 0 bridgehead atoms. The lowest BCUT2D eigenvalue weighted by Crippen LogP contribution is -3.00. The van der Waals surface area contributed by atoms with Crippen molar-refractivity contribution in [2.45, 2.75) is 117 Å². The molecule has 146 valence electrons. The average molecular weight is 412 g/mol. The Balaban J connectivity index is 0.00000576. The second-order valence-corrected chi connectivity index (χ2v) is 7.56. The van der Waals surface area contributed by atoms with Gasteiger partial charge in [0.05, 0.1) is 0 Å². The molecule has 0 unspecified atom stereocenters. The van der Waals surface area contributed by atoms with Crippen LogP contribution in [0.2, 0.25) is 0 Å². The van der Waals surface area contributed by atoms with Gasteiger partial charge in [0.1, 0.15) is 6.54 Å². The van der Waals surface area contributed by atoms with Gasteiger partial charge in [0.25, 0.3) is 0 Å². The lowest BCUT2D eigenvalue weighted by Gasteiger charge is -2.03. The minimum atomic E-state index is 0. The Bertz CT molecular complexity index is 374. The summed E-state index contributed by atoms with van der Waals surface area (Å²) in [7, 11) is 0. The molecular formula is C23H42BrN. The molecular weight excluding hydrogens is 370 g/mol. The van der Waals surface area contributed by atoms with Gasteiger partial charge in [0.2, 0.25) is 0 Å². The molecule has 0 amide bonds. The zero-order chi connectivity index (χ0) is 17.3. The van der Waals surface area contributed by atoms with E-state index in [1.807, 2.05) is 0 Å². The fraction of sp³-hybridized carbons (Fsp3) is 0.783. The molecule has 0 aliphatic heterocycles. The number of aromatic nitrogens is 1. The van der Waals surface area contributed by atoms with Crippen LogP contribution in [0.1, 0.15) is 109 Å². The number of aryl methyl sites for hydroxylation is 2. The molecule has 25 heavy (non-hydrogen) atoms. The van der Waals surface area contributed by atoms with Gasteiger partial charge in [-0.25, -0.2) is 4.57 Å². The van der Waals surface area contributed by atoms with Crippen LogP contribution in [0, 0.1) is 6.92 Å². The van der Waals surface area contributed by atoms with Crippen LogP contribution < -0.4 is 21.5 Å². The maximum atomic E-state index is 2.31. The third kappa shape index (κ3) is 15.6. The maximum Gasteiger partial charge on any atom is 0.169 e. The standard InChI is InChI=1S/C23H42N.BrH/c1-3-4-5-6-7-8-9-10-11-12-13-14-15-16-17-20-24-21-18-23(2)19-22-24;/h18-19,21-22H,3-17,20H2,1-2H3;1H/q+1;/p-1. The summed E-state index contributed by atoms with van der Waals surface area (Å²) in [6.45, 7) is 5.62. The number of hydrogen-bond acceptors (Lipinski definition) is 0. The van der Waals surface area contributed by atoms with Gasteiger partial charge in [-0.1, -0.05) is 90.4 Å². The van der Waals surface area contributed by atoms with Gasteiger partial charge >= 0.3 is 0 Å². The van der Waals surface area contributed by atoms with Crippen molar-refractivity contribution >= 4 is 0 Å². The second kappa shape index (κ2) is 18.4. The zero-order valence-corrected chi connectivity index (χ0v) is 18.5. The van der Waals surface area contributed by atoms with E-state index in [2.05, 4.69) is 42.9 Å². The average Bonchev–Trinajstić information content (AvgIpc) is 2.60. The van der Waals surface area contributed by atoms with Crippen LogP contribution in [0.4, 0.5) is 0 Å². The van der Waals surface area contributed by atoms with E-state index < -0.39 is 0 Å². The van der Waals surface area contributed by atoms with Crippen molar-refractivity contribution in [3.05, 3.63) is 30.1 Å². The normalized spacial score (nSPS) is 10.6. The van der Waals surface area contributed by atoms with Crippen molar-refractivity contribution in [1.29, 1.82) is 0 Å². The summed E-state index contributed by atoms with van der Waals surface area (Å²) in [5.41, 5.74) is 1.35. The molecule has 0 radical (unpaired) electrons. The summed E-state index contributed by atoms with van der Waals surface area (Å²) in [6.07, 6.45) is 26.0. The largest absolute Gasteiger partial charge is 1.00 e. The van der Waals surface area contributed by atoms with Crippen molar-refractivity contribution < 1.29 is 21.5 Å². The molecule has 1 aromatic rings. The molecule has 1 heterocycles. The minimum Gasteiger partial charge on any atom is -1.00 e. The van der Waals surface area contributed by atoms with Crippen LogP contribution in [-0.4, -0.2) is 0 Å². The third-order valence-corrected chi connectivity index (χ3v) is 5.08. The second-order valence-electron chi connectivity index (χ2n) is 7.56. The van der Waals surface area contributed by atoms with Gasteiger partial charge in [-0.15, -0.1) is 0 Å². The van der Waals surface area contributed by atoms with E-state index in [0.29, 0.717) is 0 Å². The topological polar surface area (TPSA) is 3.88 Å².